The highest BCUT2D eigenvalue weighted by atomic mass is 16.7. The van der Waals surface area contributed by atoms with E-state index in [1.807, 2.05) is 32.0 Å². The van der Waals surface area contributed by atoms with E-state index in [0.717, 1.165) is 17.1 Å². The summed E-state index contributed by atoms with van der Waals surface area (Å²) in [6, 6.07) is 5.74. The molecule has 0 aliphatic carbocycles. The molecule has 7 nitrogen and oxygen atoms in total. The van der Waals surface area contributed by atoms with Crippen LogP contribution >= 0.6 is 0 Å². The first-order valence-corrected chi connectivity index (χ1v) is 8.74. The van der Waals surface area contributed by atoms with Gasteiger partial charge in [-0.3, -0.25) is 4.79 Å². The summed E-state index contributed by atoms with van der Waals surface area (Å²) in [5, 5.41) is 5.87. The van der Waals surface area contributed by atoms with Gasteiger partial charge >= 0.3 is 6.03 Å². The Morgan fingerprint density at radius 3 is 2.64 bits per heavy atom. The van der Waals surface area contributed by atoms with Crippen molar-refractivity contribution in [3.8, 4) is 11.5 Å². The third kappa shape index (κ3) is 4.35. The number of urea groups is 1. The summed E-state index contributed by atoms with van der Waals surface area (Å²) in [5.41, 5.74) is 0.978. The van der Waals surface area contributed by atoms with Crippen LogP contribution in [-0.4, -0.2) is 42.8 Å². The fraction of sp³-hybridized carbons (Fsp3) is 0.556. The lowest BCUT2D eigenvalue weighted by Crippen LogP contribution is -2.48. The molecule has 0 spiro atoms. The summed E-state index contributed by atoms with van der Waals surface area (Å²) in [7, 11) is 0. The number of likely N-dealkylation sites (tertiary alicyclic amines) is 1. The summed E-state index contributed by atoms with van der Waals surface area (Å²) < 4.78 is 10.6. The van der Waals surface area contributed by atoms with Crippen molar-refractivity contribution in [3.05, 3.63) is 23.8 Å². The number of benzene rings is 1. The van der Waals surface area contributed by atoms with Crippen molar-refractivity contribution >= 4 is 11.9 Å². The predicted octanol–water partition coefficient (Wildman–Crippen LogP) is 1.86. The van der Waals surface area contributed by atoms with Crippen LogP contribution in [0, 0.1) is 5.92 Å². The van der Waals surface area contributed by atoms with E-state index in [9.17, 15) is 9.59 Å². The first kappa shape index (κ1) is 17.4. The lowest BCUT2D eigenvalue weighted by molar-refractivity contribution is -0.126. The minimum atomic E-state index is -0.0470. The topological polar surface area (TPSA) is 79.9 Å². The van der Waals surface area contributed by atoms with Crippen LogP contribution in [0.15, 0.2) is 18.2 Å². The summed E-state index contributed by atoms with van der Waals surface area (Å²) in [4.78, 5) is 26.1. The Morgan fingerprint density at radius 2 is 1.92 bits per heavy atom. The second-order valence-corrected chi connectivity index (χ2v) is 6.77. The molecule has 1 fully saturated rings. The molecule has 2 aliphatic rings. The molecule has 0 bridgehead atoms. The standard InChI is InChI=1S/C18H25N3O4/c1-12(2)20-18(23)21-7-5-14(6-8-21)17(22)19-10-13-3-4-15-16(9-13)25-11-24-15/h3-4,9,12,14H,5-8,10-11H2,1-2H3,(H,19,22)(H,20,23). The Kier molecular flexibility index (Phi) is 5.31. The molecule has 25 heavy (non-hydrogen) atoms. The van der Waals surface area contributed by atoms with E-state index in [2.05, 4.69) is 10.6 Å². The van der Waals surface area contributed by atoms with Gasteiger partial charge in [-0.25, -0.2) is 4.79 Å². The molecule has 2 aliphatic heterocycles. The largest absolute Gasteiger partial charge is 0.454 e. The van der Waals surface area contributed by atoms with E-state index in [1.54, 1.807) is 4.90 Å². The van der Waals surface area contributed by atoms with E-state index in [4.69, 9.17) is 9.47 Å². The van der Waals surface area contributed by atoms with Gasteiger partial charge in [-0.2, -0.15) is 0 Å². The number of carbonyl (C=O) groups excluding carboxylic acids is 2. The summed E-state index contributed by atoms with van der Waals surface area (Å²) in [6.07, 6.45) is 1.39. The molecule has 1 saturated heterocycles. The molecule has 0 atom stereocenters. The zero-order valence-corrected chi connectivity index (χ0v) is 14.7. The Balaban J connectivity index is 1.44. The maximum Gasteiger partial charge on any atom is 0.317 e. The Hall–Kier alpha value is -2.44. The number of hydrogen-bond donors (Lipinski definition) is 2. The molecule has 2 N–H and O–H groups in total. The van der Waals surface area contributed by atoms with Crippen molar-refractivity contribution in [1.29, 1.82) is 0 Å². The van der Waals surface area contributed by atoms with Crippen LogP contribution in [0.1, 0.15) is 32.3 Å². The molecular formula is C18H25N3O4. The van der Waals surface area contributed by atoms with Crippen LogP contribution in [0.5, 0.6) is 11.5 Å². The smallest absolute Gasteiger partial charge is 0.317 e. The van der Waals surface area contributed by atoms with Gasteiger partial charge in [0, 0.05) is 31.6 Å². The van der Waals surface area contributed by atoms with E-state index in [-0.39, 0.29) is 30.7 Å². The van der Waals surface area contributed by atoms with Crippen molar-refractivity contribution in [1.82, 2.24) is 15.5 Å². The van der Waals surface area contributed by atoms with Crippen LogP contribution in [-0.2, 0) is 11.3 Å². The maximum absolute atomic E-state index is 12.4. The molecule has 0 aromatic heterocycles. The molecule has 1 aromatic rings. The number of amides is 3. The monoisotopic (exact) mass is 347 g/mol. The first-order valence-electron chi connectivity index (χ1n) is 8.74. The highest BCUT2D eigenvalue weighted by molar-refractivity contribution is 5.79. The Labute approximate surface area is 147 Å². The normalized spacial score (nSPS) is 16.8. The number of fused-ring (bicyclic) bond motifs is 1. The molecule has 0 unspecified atom stereocenters. The van der Waals surface area contributed by atoms with Gasteiger partial charge in [0.15, 0.2) is 11.5 Å². The van der Waals surface area contributed by atoms with Gasteiger partial charge < -0.3 is 25.0 Å². The highest BCUT2D eigenvalue weighted by Crippen LogP contribution is 2.32. The Morgan fingerprint density at radius 1 is 1.20 bits per heavy atom. The van der Waals surface area contributed by atoms with Crippen LogP contribution in [0.4, 0.5) is 4.79 Å². The number of nitrogens with zero attached hydrogens (tertiary/aromatic N) is 1. The number of rotatable bonds is 4. The van der Waals surface area contributed by atoms with E-state index < -0.39 is 0 Å². The van der Waals surface area contributed by atoms with Crippen LogP contribution in [0.25, 0.3) is 0 Å². The molecule has 0 saturated carbocycles. The molecule has 136 valence electrons. The third-order valence-electron chi connectivity index (χ3n) is 4.47. The average molecular weight is 347 g/mol. The van der Waals surface area contributed by atoms with Crippen LogP contribution < -0.4 is 20.1 Å². The van der Waals surface area contributed by atoms with E-state index >= 15 is 0 Å². The van der Waals surface area contributed by atoms with Crippen molar-refractivity contribution in [2.24, 2.45) is 5.92 Å². The van der Waals surface area contributed by atoms with Gasteiger partial charge in [0.1, 0.15) is 0 Å². The van der Waals surface area contributed by atoms with E-state index in [1.165, 1.54) is 0 Å². The van der Waals surface area contributed by atoms with Crippen molar-refractivity contribution in [2.45, 2.75) is 39.3 Å². The van der Waals surface area contributed by atoms with Crippen LogP contribution in [0.3, 0.4) is 0 Å². The SMILES string of the molecule is CC(C)NC(=O)N1CCC(C(=O)NCc2ccc3c(c2)OCO3)CC1. The number of piperidine rings is 1. The number of ether oxygens (including phenoxy) is 2. The third-order valence-corrected chi connectivity index (χ3v) is 4.47. The van der Waals surface area contributed by atoms with Crippen molar-refractivity contribution in [3.63, 3.8) is 0 Å². The number of carbonyl (C=O) groups is 2. The summed E-state index contributed by atoms with van der Waals surface area (Å²) >= 11 is 0. The summed E-state index contributed by atoms with van der Waals surface area (Å²) in [6.45, 7) is 5.81. The molecule has 0 radical (unpaired) electrons. The lowest BCUT2D eigenvalue weighted by atomic mass is 9.96. The fourth-order valence-corrected chi connectivity index (χ4v) is 3.07. The second kappa shape index (κ2) is 7.63. The molecule has 3 amide bonds. The number of hydrogen-bond acceptors (Lipinski definition) is 4. The highest BCUT2D eigenvalue weighted by Gasteiger charge is 2.27. The minimum absolute atomic E-state index is 0.0431. The van der Waals surface area contributed by atoms with Crippen molar-refractivity contribution in [2.75, 3.05) is 19.9 Å². The molecule has 2 heterocycles. The predicted molar refractivity (Wildman–Crippen MR) is 92.4 cm³/mol. The maximum atomic E-state index is 12.4. The second-order valence-electron chi connectivity index (χ2n) is 6.77. The quantitative estimate of drug-likeness (QED) is 0.871. The Bertz CT molecular complexity index is 639. The van der Waals surface area contributed by atoms with Gasteiger partial charge in [-0.15, -0.1) is 0 Å². The zero-order valence-electron chi connectivity index (χ0n) is 14.7. The van der Waals surface area contributed by atoms with Gasteiger partial charge in [-0.1, -0.05) is 6.07 Å². The zero-order chi connectivity index (χ0) is 17.8. The van der Waals surface area contributed by atoms with Gasteiger partial charge in [0.05, 0.1) is 0 Å². The fourth-order valence-electron chi connectivity index (χ4n) is 3.07. The molecule has 3 rings (SSSR count). The molecule has 1 aromatic carbocycles. The van der Waals surface area contributed by atoms with Crippen molar-refractivity contribution < 1.29 is 19.1 Å². The lowest BCUT2D eigenvalue weighted by Gasteiger charge is -2.32. The minimum Gasteiger partial charge on any atom is -0.454 e. The van der Waals surface area contributed by atoms with Crippen LogP contribution in [0.2, 0.25) is 0 Å². The molecular weight excluding hydrogens is 322 g/mol. The van der Waals surface area contributed by atoms with Gasteiger partial charge in [0.2, 0.25) is 12.7 Å². The molecule has 7 heteroatoms. The number of nitrogens with one attached hydrogen (secondary N) is 2. The average Bonchev–Trinajstić information content (AvgIpc) is 3.07. The van der Waals surface area contributed by atoms with E-state index in [0.29, 0.717) is 32.5 Å². The summed E-state index contributed by atoms with van der Waals surface area (Å²) in [5.74, 6) is 1.46. The van der Waals surface area contributed by atoms with Gasteiger partial charge in [0.25, 0.3) is 0 Å². The van der Waals surface area contributed by atoms with Gasteiger partial charge in [-0.05, 0) is 44.4 Å². The first-order chi connectivity index (χ1) is 12.0.